The Morgan fingerprint density at radius 1 is 1.42 bits per heavy atom. The smallest absolute Gasteiger partial charge is 0.0648 e. The molecule has 0 aliphatic rings. The van der Waals surface area contributed by atoms with Crippen molar-refractivity contribution in [3.8, 4) is 0 Å². The van der Waals surface area contributed by atoms with Crippen LogP contribution in [0.5, 0.6) is 0 Å². The van der Waals surface area contributed by atoms with Crippen LogP contribution in [0.25, 0.3) is 0 Å². The average Bonchev–Trinajstić information content (AvgIpc) is 2.09. The van der Waals surface area contributed by atoms with Crippen molar-refractivity contribution >= 4 is 0 Å². The van der Waals surface area contributed by atoms with Crippen molar-refractivity contribution in [3.63, 3.8) is 0 Å². The summed E-state index contributed by atoms with van der Waals surface area (Å²) in [6, 6.07) is 0. The van der Waals surface area contributed by atoms with Crippen LogP contribution in [-0.4, -0.2) is 25.9 Å². The fourth-order valence-electron chi connectivity index (χ4n) is 0.749. The zero-order valence-corrected chi connectivity index (χ0v) is 7.92. The van der Waals surface area contributed by atoms with E-state index in [-0.39, 0.29) is 6.10 Å². The summed E-state index contributed by atoms with van der Waals surface area (Å²) in [7, 11) is 0. The van der Waals surface area contributed by atoms with Gasteiger partial charge in [0.1, 0.15) is 0 Å². The maximum atomic E-state index is 5.29. The molecule has 2 heteroatoms. The van der Waals surface area contributed by atoms with Crippen LogP contribution in [0.15, 0.2) is 12.7 Å². The molecule has 2 nitrogen and oxygen atoms in total. The summed E-state index contributed by atoms with van der Waals surface area (Å²) in [5, 5.41) is 0. The van der Waals surface area contributed by atoms with E-state index in [0.717, 1.165) is 26.1 Å². The van der Waals surface area contributed by atoms with Gasteiger partial charge in [-0.1, -0.05) is 13.0 Å². The third-order valence-electron chi connectivity index (χ3n) is 1.38. The maximum Gasteiger partial charge on any atom is 0.0648 e. The van der Waals surface area contributed by atoms with Gasteiger partial charge in [0, 0.05) is 13.2 Å². The molecule has 0 aliphatic heterocycles. The zero-order chi connectivity index (χ0) is 9.23. The Bertz CT molecular complexity index is 102. The Balaban J connectivity index is 3.07. The molecule has 0 N–H and O–H groups in total. The second kappa shape index (κ2) is 8.75. The highest BCUT2D eigenvalue weighted by Gasteiger charge is 1.99. The summed E-state index contributed by atoms with van der Waals surface area (Å²) in [5.41, 5.74) is 0. The van der Waals surface area contributed by atoms with Crippen molar-refractivity contribution in [2.75, 3.05) is 19.8 Å². The number of hydrogen-bond acceptors (Lipinski definition) is 2. The summed E-state index contributed by atoms with van der Waals surface area (Å²) in [4.78, 5) is 0. The quantitative estimate of drug-likeness (QED) is 0.412. The van der Waals surface area contributed by atoms with E-state index in [1.54, 1.807) is 6.08 Å². The molecule has 0 amide bonds. The molecule has 0 bridgehead atoms. The molecule has 0 aromatic carbocycles. The van der Waals surface area contributed by atoms with Crippen LogP contribution in [-0.2, 0) is 9.47 Å². The highest BCUT2D eigenvalue weighted by molar-refractivity contribution is 4.67. The predicted octanol–water partition coefficient (Wildman–Crippen LogP) is 2.21. The fraction of sp³-hybridized carbons (Fsp3) is 0.700. The van der Waals surface area contributed by atoms with E-state index in [9.17, 15) is 0 Å². The molecule has 0 saturated heterocycles. The van der Waals surface area contributed by atoms with E-state index in [0.29, 0.717) is 6.61 Å². The molecule has 0 fully saturated rings. The van der Waals surface area contributed by atoms with Crippen molar-refractivity contribution < 1.29 is 9.47 Å². The lowest BCUT2D eigenvalue weighted by Crippen LogP contribution is -2.12. The van der Waals surface area contributed by atoms with Crippen molar-refractivity contribution in [2.24, 2.45) is 0 Å². The van der Waals surface area contributed by atoms with E-state index in [4.69, 9.17) is 9.47 Å². The molecule has 1 unspecified atom stereocenters. The molecule has 1 atom stereocenters. The molecule has 12 heavy (non-hydrogen) atoms. The van der Waals surface area contributed by atoms with Crippen LogP contribution >= 0.6 is 0 Å². The van der Waals surface area contributed by atoms with Crippen LogP contribution in [0.2, 0.25) is 0 Å². The topological polar surface area (TPSA) is 18.5 Å². The van der Waals surface area contributed by atoms with Crippen LogP contribution in [0.1, 0.15) is 19.8 Å². The third kappa shape index (κ3) is 7.76. The molecule has 0 heterocycles. The Morgan fingerprint density at radius 3 is 2.75 bits per heavy atom. The van der Waals surface area contributed by atoms with Crippen LogP contribution in [0.4, 0.5) is 0 Å². The first kappa shape index (κ1) is 11.7. The van der Waals surface area contributed by atoms with E-state index >= 15 is 0 Å². The SMILES string of the molecule is [CH2]C(CCOCCC)OCC=C. The Labute approximate surface area is 75.6 Å². The lowest BCUT2D eigenvalue weighted by molar-refractivity contribution is 0.0588. The Morgan fingerprint density at radius 2 is 2.17 bits per heavy atom. The average molecular weight is 171 g/mol. The van der Waals surface area contributed by atoms with Gasteiger partial charge in [0.15, 0.2) is 0 Å². The highest BCUT2D eigenvalue weighted by atomic mass is 16.5. The van der Waals surface area contributed by atoms with Crippen molar-refractivity contribution in [2.45, 2.75) is 25.9 Å². The van der Waals surface area contributed by atoms with Gasteiger partial charge in [0.25, 0.3) is 0 Å². The molecule has 0 aromatic heterocycles. The second-order valence-electron chi connectivity index (χ2n) is 2.65. The zero-order valence-electron chi connectivity index (χ0n) is 7.92. The molecular formula is C10H19O2. The molecule has 1 radical (unpaired) electrons. The molecule has 0 aromatic rings. The standard InChI is InChI=1S/C10H19O2/c1-4-7-11-9-6-10(3)12-8-5-2/h5,10H,2-4,6-9H2,1H3. The highest BCUT2D eigenvalue weighted by Crippen LogP contribution is 1.97. The van der Waals surface area contributed by atoms with Crippen LogP contribution in [0.3, 0.4) is 0 Å². The second-order valence-corrected chi connectivity index (χ2v) is 2.65. The van der Waals surface area contributed by atoms with Gasteiger partial charge >= 0.3 is 0 Å². The van der Waals surface area contributed by atoms with Gasteiger partial charge in [-0.2, -0.15) is 0 Å². The number of rotatable bonds is 8. The minimum absolute atomic E-state index is 0.0276. The number of hydrogen-bond donors (Lipinski definition) is 0. The maximum absolute atomic E-state index is 5.29. The minimum atomic E-state index is 0.0276. The Kier molecular flexibility index (Phi) is 8.51. The molecule has 0 spiro atoms. The number of ether oxygens (including phenoxy) is 2. The van der Waals surface area contributed by atoms with Gasteiger partial charge in [-0.15, -0.1) is 6.58 Å². The van der Waals surface area contributed by atoms with Gasteiger partial charge in [0.2, 0.25) is 0 Å². The summed E-state index contributed by atoms with van der Waals surface area (Å²) in [5.74, 6) is 0. The molecule has 0 saturated carbocycles. The molecule has 0 rings (SSSR count). The third-order valence-corrected chi connectivity index (χ3v) is 1.38. The van der Waals surface area contributed by atoms with Crippen LogP contribution < -0.4 is 0 Å². The molecular weight excluding hydrogens is 152 g/mol. The van der Waals surface area contributed by atoms with Gasteiger partial charge in [-0.05, 0) is 19.8 Å². The Hall–Kier alpha value is -0.340. The van der Waals surface area contributed by atoms with Gasteiger partial charge in [-0.25, -0.2) is 0 Å². The molecule has 71 valence electrons. The van der Waals surface area contributed by atoms with E-state index in [1.807, 2.05) is 0 Å². The lowest BCUT2D eigenvalue weighted by Gasteiger charge is -2.10. The van der Waals surface area contributed by atoms with Gasteiger partial charge < -0.3 is 9.47 Å². The van der Waals surface area contributed by atoms with Crippen molar-refractivity contribution in [1.29, 1.82) is 0 Å². The van der Waals surface area contributed by atoms with Crippen molar-refractivity contribution in [3.05, 3.63) is 19.6 Å². The molecule has 0 aliphatic carbocycles. The van der Waals surface area contributed by atoms with Gasteiger partial charge in [0.05, 0.1) is 12.7 Å². The normalized spacial score (nSPS) is 12.8. The minimum Gasteiger partial charge on any atom is -0.381 e. The van der Waals surface area contributed by atoms with Crippen molar-refractivity contribution in [1.82, 2.24) is 0 Å². The first-order valence-corrected chi connectivity index (χ1v) is 4.44. The first-order valence-electron chi connectivity index (χ1n) is 4.44. The predicted molar refractivity (Wildman–Crippen MR) is 51.0 cm³/mol. The van der Waals surface area contributed by atoms with E-state index in [1.165, 1.54) is 0 Å². The summed E-state index contributed by atoms with van der Waals surface area (Å²) >= 11 is 0. The summed E-state index contributed by atoms with van der Waals surface area (Å²) in [6.07, 6.45) is 3.67. The summed E-state index contributed by atoms with van der Waals surface area (Å²) < 4.78 is 10.5. The lowest BCUT2D eigenvalue weighted by atomic mass is 10.3. The van der Waals surface area contributed by atoms with Gasteiger partial charge in [-0.3, -0.25) is 0 Å². The van der Waals surface area contributed by atoms with E-state index < -0.39 is 0 Å². The summed E-state index contributed by atoms with van der Waals surface area (Å²) in [6.45, 7) is 11.6. The van der Waals surface area contributed by atoms with Crippen LogP contribution in [0, 0.1) is 6.92 Å². The first-order chi connectivity index (χ1) is 5.81. The monoisotopic (exact) mass is 171 g/mol. The fourth-order valence-corrected chi connectivity index (χ4v) is 0.749. The van der Waals surface area contributed by atoms with E-state index in [2.05, 4.69) is 20.4 Å². The largest absolute Gasteiger partial charge is 0.381 e.